The van der Waals surface area contributed by atoms with E-state index >= 15 is 0 Å². The van der Waals surface area contributed by atoms with E-state index in [4.69, 9.17) is 9.47 Å². The number of aliphatic imine (C=N–C) groups is 1. The Hall–Kier alpha value is -2.56. The number of halogens is 1. The third kappa shape index (κ3) is 5.71. The number of guanidine groups is 1. The van der Waals surface area contributed by atoms with Gasteiger partial charge in [-0.15, -0.1) is 34.2 Å². The molecule has 0 saturated carbocycles. The van der Waals surface area contributed by atoms with Gasteiger partial charge >= 0.3 is 0 Å². The van der Waals surface area contributed by atoms with E-state index in [0.29, 0.717) is 25.7 Å². The third-order valence-corrected chi connectivity index (χ3v) is 3.74. The molecule has 27 heavy (non-hydrogen) atoms. The Balaban J connectivity index is 0.00000261. The Labute approximate surface area is 175 Å². The number of methoxy groups -OCH3 is 1. The molecule has 3 aromatic rings. The number of aromatic nitrogens is 3. The van der Waals surface area contributed by atoms with E-state index < -0.39 is 0 Å². The molecule has 0 unspecified atom stereocenters. The van der Waals surface area contributed by atoms with Crippen LogP contribution in [0.2, 0.25) is 0 Å². The number of hydrogen-bond donors (Lipinski definition) is 2. The third-order valence-electron chi connectivity index (χ3n) is 3.74. The van der Waals surface area contributed by atoms with Gasteiger partial charge in [-0.2, -0.15) is 0 Å². The van der Waals surface area contributed by atoms with Crippen LogP contribution in [0.25, 0.3) is 5.65 Å². The highest BCUT2D eigenvalue weighted by Crippen LogP contribution is 2.16. The highest BCUT2D eigenvalue weighted by atomic mass is 127. The standard InChI is InChI=1S/C18H22N6O2.HI/c1-19-18(20-10-12-26-15-8-6-14(25-2)7-9-15)21-13-17-23-22-16-5-3-4-11-24(16)17;/h3-9,11H,10,12-13H2,1-2H3,(H2,19,20,21);1H. The molecule has 0 amide bonds. The zero-order valence-corrected chi connectivity index (χ0v) is 17.6. The van der Waals surface area contributed by atoms with Crippen molar-refractivity contribution in [3.8, 4) is 11.5 Å². The van der Waals surface area contributed by atoms with Crippen LogP contribution in [0.3, 0.4) is 0 Å². The van der Waals surface area contributed by atoms with Crippen molar-refractivity contribution in [1.29, 1.82) is 0 Å². The van der Waals surface area contributed by atoms with Gasteiger partial charge in [0, 0.05) is 13.2 Å². The molecule has 1 aromatic carbocycles. The van der Waals surface area contributed by atoms with Crippen LogP contribution in [0.1, 0.15) is 5.82 Å². The number of hydrogen-bond acceptors (Lipinski definition) is 5. The van der Waals surface area contributed by atoms with Crippen LogP contribution in [-0.2, 0) is 6.54 Å². The number of nitrogens with one attached hydrogen (secondary N) is 2. The van der Waals surface area contributed by atoms with Gasteiger partial charge in [0.2, 0.25) is 0 Å². The van der Waals surface area contributed by atoms with Gasteiger partial charge < -0.3 is 20.1 Å². The fraction of sp³-hybridized carbons (Fsp3) is 0.278. The number of benzene rings is 1. The quantitative estimate of drug-likeness (QED) is 0.232. The number of ether oxygens (including phenoxy) is 2. The molecule has 8 nitrogen and oxygen atoms in total. The van der Waals surface area contributed by atoms with Crippen LogP contribution < -0.4 is 20.1 Å². The van der Waals surface area contributed by atoms with E-state index in [1.54, 1.807) is 14.2 Å². The molecule has 9 heteroatoms. The van der Waals surface area contributed by atoms with Gasteiger partial charge in [0.1, 0.15) is 18.1 Å². The second-order valence-electron chi connectivity index (χ2n) is 5.42. The van der Waals surface area contributed by atoms with Crippen molar-refractivity contribution in [3.05, 3.63) is 54.5 Å². The summed E-state index contributed by atoms with van der Waals surface area (Å²) < 4.78 is 12.7. The molecule has 0 spiro atoms. The largest absolute Gasteiger partial charge is 0.497 e. The van der Waals surface area contributed by atoms with Crippen LogP contribution in [0.5, 0.6) is 11.5 Å². The molecule has 0 saturated heterocycles. The predicted octanol–water partition coefficient (Wildman–Crippen LogP) is 2.10. The highest BCUT2D eigenvalue weighted by Gasteiger charge is 2.05. The zero-order chi connectivity index (χ0) is 18.2. The molecule has 0 aliphatic rings. The second kappa shape index (κ2) is 10.6. The van der Waals surface area contributed by atoms with Crippen LogP contribution in [0, 0.1) is 0 Å². The summed E-state index contributed by atoms with van der Waals surface area (Å²) in [5.74, 6) is 3.10. The molecule has 2 N–H and O–H groups in total. The van der Waals surface area contributed by atoms with E-state index in [1.807, 2.05) is 53.1 Å². The Kier molecular flexibility index (Phi) is 8.11. The molecule has 0 aliphatic heterocycles. The van der Waals surface area contributed by atoms with Gasteiger partial charge in [-0.1, -0.05) is 6.07 Å². The molecule has 0 fully saturated rings. The minimum Gasteiger partial charge on any atom is -0.497 e. The van der Waals surface area contributed by atoms with Gasteiger partial charge in [-0.05, 0) is 36.4 Å². The molecule has 2 heterocycles. The average Bonchev–Trinajstić information content (AvgIpc) is 3.11. The summed E-state index contributed by atoms with van der Waals surface area (Å²) in [6.45, 7) is 1.65. The summed E-state index contributed by atoms with van der Waals surface area (Å²) in [6.07, 6.45) is 1.94. The number of rotatable bonds is 7. The molecular formula is C18H23IN6O2. The average molecular weight is 482 g/mol. The first-order chi connectivity index (χ1) is 12.8. The summed E-state index contributed by atoms with van der Waals surface area (Å²) in [5.41, 5.74) is 0.820. The SMILES string of the molecule is CN=C(NCCOc1ccc(OC)cc1)NCc1nnc2ccccn12.I. The van der Waals surface area contributed by atoms with Gasteiger partial charge in [-0.25, -0.2) is 0 Å². The fourth-order valence-corrected chi connectivity index (χ4v) is 2.41. The van der Waals surface area contributed by atoms with Gasteiger partial charge in [0.25, 0.3) is 0 Å². The molecule has 2 aromatic heterocycles. The van der Waals surface area contributed by atoms with Crippen LogP contribution in [0.4, 0.5) is 0 Å². The number of fused-ring (bicyclic) bond motifs is 1. The lowest BCUT2D eigenvalue weighted by molar-refractivity contribution is 0.321. The normalized spacial score (nSPS) is 11.0. The lowest BCUT2D eigenvalue weighted by Gasteiger charge is -2.12. The fourth-order valence-electron chi connectivity index (χ4n) is 2.41. The lowest BCUT2D eigenvalue weighted by Crippen LogP contribution is -2.39. The predicted molar refractivity (Wildman–Crippen MR) is 115 cm³/mol. The van der Waals surface area contributed by atoms with E-state index in [0.717, 1.165) is 23.0 Å². The van der Waals surface area contributed by atoms with Crippen molar-refractivity contribution in [3.63, 3.8) is 0 Å². The molecule has 0 bridgehead atoms. The summed E-state index contributed by atoms with van der Waals surface area (Å²) in [7, 11) is 3.36. The number of nitrogens with zero attached hydrogens (tertiary/aromatic N) is 4. The minimum atomic E-state index is 0. The van der Waals surface area contributed by atoms with Crippen LogP contribution in [-0.4, -0.2) is 47.9 Å². The van der Waals surface area contributed by atoms with E-state index in [2.05, 4.69) is 25.8 Å². The van der Waals surface area contributed by atoms with Crippen molar-refractivity contribution in [2.45, 2.75) is 6.54 Å². The Morgan fingerprint density at radius 2 is 1.85 bits per heavy atom. The van der Waals surface area contributed by atoms with Crippen molar-refractivity contribution in [1.82, 2.24) is 25.2 Å². The first-order valence-corrected chi connectivity index (χ1v) is 8.30. The Morgan fingerprint density at radius 3 is 2.59 bits per heavy atom. The summed E-state index contributed by atoms with van der Waals surface area (Å²) >= 11 is 0. The zero-order valence-electron chi connectivity index (χ0n) is 15.3. The first-order valence-electron chi connectivity index (χ1n) is 8.30. The van der Waals surface area contributed by atoms with Crippen LogP contribution >= 0.6 is 24.0 Å². The van der Waals surface area contributed by atoms with Crippen molar-refractivity contribution < 1.29 is 9.47 Å². The topological polar surface area (TPSA) is 85.1 Å². The molecule has 144 valence electrons. The Bertz CT molecular complexity index is 866. The monoisotopic (exact) mass is 482 g/mol. The van der Waals surface area contributed by atoms with Gasteiger partial charge in [0.05, 0.1) is 20.2 Å². The summed E-state index contributed by atoms with van der Waals surface area (Å²) in [4.78, 5) is 4.20. The van der Waals surface area contributed by atoms with E-state index in [1.165, 1.54) is 0 Å². The summed E-state index contributed by atoms with van der Waals surface area (Å²) in [5, 5.41) is 14.7. The molecule has 0 radical (unpaired) electrons. The molecule has 3 rings (SSSR count). The van der Waals surface area contributed by atoms with Gasteiger partial charge in [0.15, 0.2) is 17.4 Å². The van der Waals surface area contributed by atoms with Crippen molar-refractivity contribution >= 4 is 35.6 Å². The van der Waals surface area contributed by atoms with Crippen molar-refractivity contribution in [2.24, 2.45) is 4.99 Å². The second-order valence-corrected chi connectivity index (χ2v) is 5.42. The maximum absolute atomic E-state index is 5.68. The molecular weight excluding hydrogens is 459 g/mol. The van der Waals surface area contributed by atoms with Gasteiger partial charge in [-0.3, -0.25) is 9.39 Å². The smallest absolute Gasteiger partial charge is 0.191 e. The molecule has 0 aliphatic carbocycles. The first kappa shape index (κ1) is 20.7. The maximum atomic E-state index is 5.68. The maximum Gasteiger partial charge on any atom is 0.191 e. The van der Waals surface area contributed by atoms with Crippen LogP contribution in [0.15, 0.2) is 53.7 Å². The summed E-state index contributed by atoms with van der Waals surface area (Å²) in [6, 6.07) is 13.3. The van der Waals surface area contributed by atoms with Crippen molar-refractivity contribution in [2.75, 3.05) is 27.3 Å². The molecule has 0 atom stereocenters. The Morgan fingerprint density at radius 1 is 1.07 bits per heavy atom. The minimum absolute atomic E-state index is 0. The highest BCUT2D eigenvalue weighted by molar-refractivity contribution is 14.0. The number of pyridine rings is 1. The van der Waals surface area contributed by atoms with E-state index in [-0.39, 0.29) is 24.0 Å². The van der Waals surface area contributed by atoms with E-state index in [9.17, 15) is 0 Å². The lowest BCUT2D eigenvalue weighted by atomic mass is 10.3.